The molecule has 2 rings (SSSR count). The van der Waals surface area contributed by atoms with Crippen molar-refractivity contribution in [2.24, 2.45) is 0 Å². The van der Waals surface area contributed by atoms with Gasteiger partial charge in [-0.1, -0.05) is 22.9 Å². The lowest BCUT2D eigenvalue weighted by atomic mass is 10.3. The van der Waals surface area contributed by atoms with Gasteiger partial charge >= 0.3 is 4.87 Å². The molecule has 1 aromatic heterocycles. The first-order valence-corrected chi connectivity index (χ1v) is 4.37. The summed E-state index contributed by atoms with van der Waals surface area (Å²) >= 11 is 6.67. The lowest BCUT2D eigenvalue weighted by molar-refractivity contribution is 0.476. The summed E-state index contributed by atoms with van der Waals surface area (Å²) in [5, 5.41) is 9.43. The molecule has 0 amide bonds. The van der Waals surface area contributed by atoms with Gasteiger partial charge in [0.05, 0.1) is 15.2 Å². The second-order valence-electron chi connectivity index (χ2n) is 2.31. The zero-order valence-corrected chi connectivity index (χ0v) is 7.37. The van der Waals surface area contributed by atoms with Gasteiger partial charge in [0.25, 0.3) is 0 Å². The van der Waals surface area contributed by atoms with Gasteiger partial charge in [0.15, 0.2) is 0 Å². The summed E-state index contributed by atoms with van der Waals surface area (Å²) < 4.78 is 0.710. The van der Waals surface area contributed by atoms with Gasteiger partial charge in [-0.15, -0.1) is 0 Å². The number of aromatic amines is 1. The van der Waals surface area contributed by atoms with Crippen LogP contribution in [0, 0.1) is 0 Å². The summed E-state index contributed by atoms with van der Waals surface area (Å²) in [5.41, 5.74) is 0.660. The molecule has 0 fully saturated rings. The number of aromatic nitrogens is 1. The van der Waals surface area contributed by atoms with Crippen LogP contribution in [0.4, 0.5) is 0 Å². The summed E-state index contributed by atoms with van der Waals surface area (Å²) in [6.45, 7) is 0. The van der Waals surface area contributed by atoms with Crippen molar-refractivity contribution in [3.63, 3.8) is 0 Å². The summed E-state index contributed by atoms with van der Waals surface area (Å²) in [4.78, 5) is 13.3. The molecular formula is C7H4ClNO2S. The molecule has 12 heavy (non-hydrogen) atoms. The highest BCUT2D eigenvalue weighted by Gasteiger charge is 2.03. The van der Waals surface area contributed by atoms with Crippen LogP contribution in [0.3, 0.4) is 0 Å². The van der Waals surface area contributed by atoms with Gasteiger partial charge in [0, 0.05) is 6.07 Å². The van der Waals surface area contributed by atoms with Gasteiger partial charge < -0.3 is 10.1 Å². The molecule has 0 atom stereocenters. The average Bonchev–Trinajstić information content (AvgIpc) is 2.30. The number of halogens is 1. The molecule has 0 aliphatic rings. The monoisotopic (exact) mass is 201 g/mol. The highest BCUT2D eigenvalue weighted by Crippen LogP contribution is 2.28. The highest BCUT2D eigenvalue weighted by molar-refractivity contribution is 7.16. The average molecular weight is 202 g/mol. The summed E-state index contributed by atoms with van der Waals surface area (Å²) in [6, 6.07) is 3.00. The van der Waals surface area contributed by atoms with Crippen molar-refractivity contribution in [3.8, 4) is 5.75 Å². The van der Waals surface area contributed by atoms with E-state index in [1.807, 2.05) is 0 Å². The smallest absolute Gasteiger partial charge is 0.305 e. The maximum absolute atomic E-state index is 10.8. The highest BCUT2D eigenvalue weighted by atomic mass is 35.5. The molecule has 2 aromatic rings. The summed E-state index contributed by atoms with van der Waals surface area (Å²) in [5.74, 6) is -0.000540. The van der Waals surface area contributed by atoms with Crippen molar-refractivity contribution in [1.29, 1.82) is 0 Å². The standard InChI is InChI=1S/C7H4ClNO2S/c8-3-1-4-6(2-5(3)10)12-7(11)9-4/h1-2,10H,(H,9,11). The number of H-pyrrole nitrogens is 1. The molecule has 0 unspecified atom stereocenters. The number of nitrogens with one attached hydrogen (secondary N) is 1. The van der Waals surface area contributed by atoms with E-state index in [0.717, 1.165) is 11.3 Å². The fourth-order valence-corrected chi connectivity index (χ4v) is 1.87. The second kappa shape index (κ2) is 2.50. The molecular weight excluding hydrogens is 198 g/mol. The Bertz CT molecular complexity index is 446. The number of hydrogen-bond acceptors (Lipinski definition) is 3. The molecule has 2 N–H and O–H groups in total. The third kappa shape index (κ3) is 1.09. The van der Waals surface area contributed by atoms with Crippen LogP contribution < -0.4 is 4.87 Å². The molecule has 0 radical (unpaired) electrons. The number of rotatable bonds is 0. The van der Waals surface area contributed by atoms with E-state index in [2.05, 4.69) is 4.98 Å². The first kappa shape index (κ1) is 7.64. The van der Waals surface area contributed by atoms with Gasteiger partial charge in [-0.05, 0) is 6.07 Å². The molecule has 0 bridgehead atoms. The van der Waals surface area contributed by atoms with Crippen LogP contribution in [0.15, 0.2) is 16.9 Å². The van der Waals surface area contributed by atoms with E-state index in [-0.39, 0.29) is 15.6 Å². The van der Waals surface area contributed by atoms with Crippen molar-refractivity contribution in [2.45, 2.75) is 0 Å². The zero-order chi connectivity index (χ0) is 8.72. The lowest BCUT2D eigenvalue weighted by Crippen LogP contribution is -1.89. The number of aromatic hydroxyl groups is 1. The van der Waals surface area contributed by atoms with Crippen LogP contribution in [-0.4, -0.2) is 10.1 Å². The summed E-state index contributed by atoms with van der Waals surface area (Å²) in [7, 11) is 0. The fourth-order valence-electron chi connectivity index (χ4n) is 0.960. The molecule has 0 saturated heterocycles. The third-order valence-corrected chi connectivity index (χ3v) is 2.64. The number of fused-ring (bicyclic) bond motifs is 1. The van der Waals surface area contributed by atoms with Gasteiger partial charge in [-0.25, -0.2) is 0 Å². The van der Waals surface area contributed by atoms with Crippen LogP contribution in [0.1, 0.15) is 0 Å². The van der Waals surface area contributed by atoms with Crippen LogP contribution in [0.2, 0.25) is 5.02 Å². The summed E-state index contributed by atoms with van der Waals surface area (Å²) in [6.07, 6.45) is 0. The predicted molar refractivity (Wildman–Crippen MR) is 49.1 cm³/mol. The Balaban J connectivity index is 2.92. The van der Waals surface area contributed by atoms with Gasteiger partial charge in [0.1, 0.15) is 5.75 Å². The van der Waals surface area contributed by atoms with Crippen LogP contribution in [0.25, 0.3) is 10.2 Å². The minimum atomic E-state index is -0.147. The maximum Gasteiger partial charge on any atom is 0.305 e. The zero-order valence-electron chi connectivity index (χ0n) is 5.80. The molecule has 0 spiro atoms. The fraction of sp³-hybridized carbons (Fsp3) is 0. The number of benzene rings is 1. The second-order valence-corrected chi connectivity index (χ2v) is 3.74. The molecule has 62 valence electrons. The van der Waals surface area contributed by atoms with E-state index in [0.29, 0.717) is 10.2 Å². The van der Waals surface area contributed by atoms with Crippen LogP contribution in [-0.2, 0) is 0 Å². The van der Waals surface area contributed by atoms with E-state index in [1.165, 1.54) is 12.1 Å². The van der Waals surface area contributed by atoms with Crippen molar-refractivity contribution in [1.82, 2.24) is 4.98 Å². The molecule has 1 aromatic carbocycles. The van der Waals surface area contributed by atoms with Crippen molar-refractivity contribution < 1.29 is 5.11 Å². The van der Waals surface area contributed by atoms with Crippen LogP contribution >= 0.6 is 22.9 Å². The van der Waals surface area contributed by atoms with Gasteiger partial charge in [-0.2, -0.15) is 0 Å². The lowest BCUT2D eigenvalue weighted by Gasteiger charge is -1.94. The number of phenols is 1. The molecule has 0 saturated carbocycles. The Hall–Kier alpha value is -1.00. The van der Waals surface area contributed by atoms with E-state index >= 15 is 0 Å². The normalized spacial score (nSPS) is 10.8. The first-order valence-electron chi connectivity index (χ1n) is 3.18. The Morgan fingerprint density at radius 1 is 1.50 bits per heavy atom. The molecule has 0 aliphatic heterocycles. The van der Waals surface area contributed by atoms with Gasteiger partial charge in [-0.3, -0.25) is 4.79 Å². The molecule has 0 aliphatic carbocycles. The number of phenolic OH excluding ortho intramolecular Hbond substituents is 1. The minimum absolute atomic E-state index is 0.000540. The SMILES string of the molecule is O=c1[nH]c2cc(Cl)c(O)cc2s1. The maximum atomic E-state index is 10.8. The number of hydrogen-bond donors (Lipinski definition) is 2. The Morgan fingerprint density at radius 2 is 2.25 bits per heavy atom. The quantitative estimate of drug-likeness (QED) is 0.685. The molecule has 3 nitrogen and oxygen atoms in total. The van der Waals surface area contributed by atoms with Gasteiger partial charge in [0.2, 0.25) is 0 Å². The van der Waals surface area contributed by atoms with E-state index < -0.39 is 0 Å². The minimum Gasteiger partial charge on any atom is -0.506 e. The van der Waals surface area contributed by atoms with Crippen LogP contribution in [0.5, 0.6) is 5.75 Å². The Kier molecular flexibility index (Phi) is 1.59. The topological polar surface area (TPSA) is 53.1 Å². The van der Waals surface area contributed by atoms with E-state index in [9.17, 15) is 9.90 Å². The van der Waals surface area contributed by atoms with Crippen molar-refractivity contribution in [2.75, 3.05) is 0 Å². The van der Waals surface area contributed by atoms with Crippen molar-refractivity contribution in [3.05, 3.63) is 26.8 Å². The molecule has 5 heteroatoms. The Labute approximate surface area is 76.2 Å². The van der Waals surface area contributed by atoms with E-state index in [4.69, 9.17) is 11.6 Å². The molecule has 1 heterocycles. The predicted octanol–water partition coefficient (Wildman–Crippen LogP) is 1.95. The first-order chi connectivity index (χ1) is 5.66. The number of thiazole rings is 1. The largest absolute Gasteiger partial charge is 0.506 e. The third-order valence-electron chi connectivity index (χ3n) is 1.49. The van der Waals surface area contributed by atoms with Crippen molar-refractivity contribution >= 4 is 33.2 Å². The van der Waals surface area contributed by atoms with E-state index in [1.54, 1.807) is 0 Å². The Morgan fingerprint density at radius 3 is 3.00 bits per heavy atom.